The maximum Gasteiger partial charge on any atom is 0.196 e. The molecule has 3 heteroatoms. The fourth-order valence-electron chi connectivity index (χ4n) is 3.62. The smallest absolute Gasteiger partial charge is 0.196 e. The summed E-state index contributed by atoms with van der Waals surface area (Å²) in [7, 11) is 0. The zero-order chi connectivity index (χ0) is 18.4. The van der Waals surface area contributed by atoms with Crippen molar-refractivity contribution in [2.75, 3.05) is 0 Å². The molecular formula is C21H32O3. The predicted octanol–water partition coefficient (Wildman–Crippen LogP) is 4.81. The van der Waals surface area contributed by atoms with Gasteiger partial charge in [-0.25, -0.2) is 0 Å². The van der Waals surface area contributed by atoms with E-state index in [-0.39, 0.29) is 11.2 Å². The first kappa shape index (κ1) is 19.1. The van der Waals surface area contributed by atoms with Crippen LogP contribution in [0.2, 0.25) is 0 Å². The molecule has 3 nitrogen and oxygen atoms in total. The third-order valence-electron chi connectivity index (χ3n) is 4.94. The Labute approximate surface area is 146 Å². The van der Waals surface area contributed by atoms with E-state index in [4.69, 9.17) is 9.47 Å². The summed E-state index contributed by atoms with van der Waals surface area (Å²) in [5.74, 6) is -0.754. The van der Waals surface area contributed by atoms with E-state index in [9.17, 15) is 4.79 Å². The van der Waals surface area contributed by atoms with Gasteiger partial charge in [-0.3, -0.25) is 4.79 Å². The largest absolute Gasteiger partial charge is 0.336 e. The summed E-state index contributed by atoms with van der Waals surface area (Å²) in [6.45, 7) is 16.1. The predicted molar refractivity (Wildman–Crippen MR) is 97.2 cm³/mol. The molecule has 0 aliphatic carbocycles. The molecular weight excluding hydrogens is 300 g/mol. The maximum atomic E-state index is 13.1. The zero-order valence-electron chi connectivity index (χ0n) is 16.4. The highest BCUT2D eigenvalue weighted by atomic mass is 16.7. The SMILES string of the molecule is CC[C@]1(C)OC(C)(C)O[C@@](C)(Cc2ccc(C(C)(C)C)cc2)C1=O. The van der Waals surface area contributed by atoms with E-state index in [2.05, 4.69) is 45.0 Å². The van der Waals surface area contributed by atoms with Crippen molar-refractivity contribution in [1.29, 1.82) is 0 Å². The van der Waals surface area contributed by atoms with E-state index in [0.29, 0.717) is 12.8 Å². The van der Waals surface area contributed by atoms with Crippen molar-refractivity contribution in [3.05, 3.63) is 35.4 Å². The molecule has 134 valence electrons. The van der Waals surface area contributed by atoms with Crippen LogP contribution in [-0.2, 0) is 26.1 Å². The summed E-state index contributed by atoms with van der Waals surface area (Å²) in [5, 5.41) is 0. The lowest BCUT2D eigenvalue weighted by molar-refractivity contribution is -0.326. The van der Waals surface area contributed by atoms with Crippen LogP contribution in [0.1, 0.15) is 72.9 Å². The summed E-state index contributed by atoms with van der Waals surface area (Å²) in [6.07, 6.45) is 1.19. The molecule has 0 spiro atoms. The third-order valence-corrected chi connectivity index (χ3v) is 4.94. The fourth-order valence-corrected chi connectivity index (χ4v) is 3.62. The van der Waals surface area contributed by atoms with Gasteiger partial charge in [0.1, 0.15) is 11.2 Å². The molecule has 1 saturated heterocycles. The van der Waals surface area contributed by atoms with Crippen LogP contribution in [0.25, 0.3) is 0 Å². The minimum atomic E-state index is -0.879. The highest BCUT2D eigenvalue weighted by Crippen LogP contribution is 2.40. The minimum absolute atomic E-state index is 0.0247. The van der Waals surface area contributed by atoms with Crippen LogP contribution in [-0.4, -0.2) is 22.8 Å². The van der Waals surface area contributed by atoms with Crippen LogP contribution in [0.4, 0.5) is 0 Å². The van der Waals surface area contributed by atoms with Crippen molar-refractivity contribution >= 4 is 5.78 Å². The molecule has 1 heterocycles. The van der Waals surface area contributed by atoms with E-state index in [0.717, 1.165) is 5.56 Å². The maximum absolute atomic E-state index is 13.1. The summed E-state index contributed by atoms with van der Waals surface area (Å²) in [6, 6.07) is 8.50. The highest BCUT2D eigenvalue weighted by molar-refractivity contribution is 5.95. The Morgan fingerprint density at radius 1 is 0.917 bits per heavy atom. The summed E-state index contributed by atoms with van der Waals surface area (Å²) in [5.41, 5.74) is 0.831. The summed E-state index contributed by atoms with van der Waals surface area (Å²) < 4.78 is 12.0. The van der Waals surface area contributed by atoms with Crippen molar-refractivity contribution in [2.24, 2.45) is 0 Å². The van der Waals surface area contributed by atoms with Gasteiger partial charge < -0.3 is 9.47 Å². The normalized spacial score (nSPS) is 30.4. The fraction of sp³-hybridized carbons (Fsp3) is 0.667. The molecule has 1 aliphatic rings. The van der Waals surface area contributed by atoms with E-state index >= 15 is 0 Å². The second kappa shape index (κ2) is 5.96. The number of Topliss-reactive ketones (excluding diaryl/α,β-unsaturated/α-hetero) is 1. The van der Waals surface area contributed by atoms with Crippen LogP contribution < -0.4 is 0 Å². The van der Waals surface area contributed by atoms with Gasteiger partial charge in [-0.1, -0.05) is 52.0 Å². The Bertz CT molecular complexity index is 609. The van der Waals surface area contributed by atoms with Crippen molar-refractivity contribution in [3.8, 4) is 0 Å². The molecule has 0 bridgehead atoms. The summed E-state index contributed by atoms with van der Waals surface area (Å²) >= 11 is 0. The van der Waals surface area contributed by atoms with Crippen molar-refractivity contribution in [2.45, 2.75) is 90.6 Å². The van der Waals surface area contributed by atoms with Crippen molar-refractivity contribution in [1.82, 2.24) is 0 Å². The topological polar surface area (TPSA) is 35.5 Å². The van der Waals surface area contributed by atoms with E-state index in [1.165, 1.54) is 5.56 Å². The Kier molecular flexibility index (Phi) is 4.75. The average molecular weight is 332 g/mol. The van der Waals surface area contributed by atoms with E-state index < -0.39 is 17.0 Å². The number of hydrogen-bond acceptors (Lipinski definition) is 3. The Hall–Kier alpha value is -1.19. The zero-order valence-corrected chi connectivity index (χ0v) is 16.4. The second-order valence-corrected chi connectivity index (χ2v) is 8.87. The third kappa shape index (κ3) is 3.73. The first-order valence-electron chi connectivity index (χ1n) is 8.86. The molecule has 1 aliphatic heterocycles. The number of hydrogen-bond donors (Lipinski definition) is 0. The van der Waals surface area contributed by atoms with Crippen LogP contribution in [0.3, 0.4) is 0 Å². The van der Waals surface area contributed by atoms with Gasteiger partial charge >= 0.3 is 0 Å². The molecule has 1 fully saturated rings. The molecule has 24 heavy (non-hydrogen) atoms. The van der Waals surface area contributed by atoms with Gasteiger partial charge in [-0.05, 0) is 50.7 Å². The average Bonchev–Trinajstić information content (AvgIpc) is 2.43. The quantitative estimate of drug-likeness (QED) is 0.797. The number of carbonyl (C=O) groups excluding carboxylic acids is 1. The van der Waals surface area contributed by atoms with Crippen LogP contribution >= 0.6 is 0 Å². The minimum Gasteiger partial charge on any atom is -0.336 e. The summed E-state index contributed by atoms with van der Waals surface area (Å²) in [4.78, 5) is 13.1. The van der Waals surface area contributed by atoms with E-state index in [1.807, 2.05) is 34.6 Å². The monoisotopic (exact) mass is 332 g/mol. The number of ether oxygens (including phenoxy) is 2. The molecule has 0 radical (unpaired) electrons. The lowest BCUT2D eigenvalue weighted by atomic mass is 9.79. The Morgan fingerprint density at radius 3 is 1.88 bits per heavy atom. The first-order chi connectivity index (χ1) is 10.8. The van der Waals surface area contributed by atoms with Gasteiger partial charge in [0, 0.05) is 6.42 Å². The molecule has 2 atom stereocenters. The molecule has 2 rings (SSSR count). The molecule has 1 aromatic carbocycles. The van der Waals surface area contributed by atoms with E-state index in [1.54, 1.807) is 0 Å². The van der Waals surface area contributed by atoms with Gasteiger partial charge in [-0.2, -0.15) is 0 Å². The first-order valence-corrected chi connectivity index (χ1v) is 8.86. The molecule has 0 amide bonds. The van der Waals surface area contributed by atoms with Gasteiger partial charge in [0.05, 0.1) is 0 Å². The second-order valence-electron chi connectivity index (χ2n) is 8.87. The molecule has 1 aromatic rings. The molecule has 0 aromatic heterocycles. The molecule has 0 N–H and O–H groups in total. The van der Waals surface area contributed by atoms with Crippen molar-refractivity contribution in [3.63, 3.8) is 0 Å². The van der Waals surface area contributed by atoms with Gasteiger partial charge in [0.2, 0.25) is 0 Å². The van der Waals surface area contributed by atoms with Gasteiger partial charge in [0.15, 0.2) is 11.6 Å². The number of benzene rings is 1. The van der Waals surface area contributed by atoms with Crippen LogP contribution in [0.5, 0.6) is 0 Å². The Balaban J connectivity index is 2.30. The number of ketones is 1. The standard InChI is InChI=1S/C21H32O3/c1-9-20(7)17(22)21(8,24-19(5,6)23-20)14-15-10-12-16(13-11-15)18(2,3)4/h10-13H,9,14H2,1-8H3/t20-,21-/m0/s1. The number of carbonyl (C=O) groups is 1. The lowest BCUT2D eigenvalue weighted by Gasteiger charge is -2.50. The van der Waals surface area contributed by atoms with Gasteiger partial charge in [-0.15, -0.1) is 0 Å². The number of rotatable bonds is 3. The van der Waals surface area contributed by atoms with Crippen LogP contribution in [0.15, 0.2) is 24.3 Å². The van der Waals surface area contributed by atoms with Crippen LogP contribution in [0, 0.1) is 0 Å². The Morgan fingerprint density at radius 2 is 1.42 bits per heavy atom. The molecule has 0 saturated carbocycles. The van der Waals surface area contributed by atoms with Crippen molar-refractivity contribution < 1.29 is 14.3 Å². The van der Waals surface area contributed by atoms with Gasteiger partial charge in [0.25, 0.3) is 0 Å². The highest BCUT2D eigenvalue weighted by Gasteiger charge is 2.55. The molecule has 0 unspecified atom stereocenters. The lowest BCUT2D eigenvalue weighted by Crippen LogP contribution is -2.64.